The van der Waals surface area contributed by atoms with Gasteiger partial charge in [-0.2, -0.15) is 0 Å². The normalized spacial score (nSPS) is 12.2. The fourth-order valence-corrected chi connectivity index (χ4v) is 2.77. The molecular weight excluding hydrogens is 318 g/mol. The summed E-state index contributed by atoms with van der Waals surface area (Å²) >= 11 is 0. The molecule has 0 heterocycles. The highest BCUT2D eigenvalue weighted by Gasteiger charge is 2.29. The zero-order valence-electron chi connectivity index (χ0n) is 12.3. The molecule has 1 unspecified atom stereocenters. The van der Waals surface area contributed by atoms with Gasteiger partial charge in [0.25, 0.3) is 0 Å². The third-order valence-electron chi connectivity index (χ3n) is 2.98. The van der Waals surface area contributed by atoms with Crippen LogP contribution in [0.15, 0.2) is 54.6 Å². The maximum atomic E-state index is 12.3. The minimum absolute atomic E-state index is 0.128. The van der Waals surface area contributed by atoms with E-state index in [-0.39, 0.29) is 12.0 Å². The summed E-state index contributed by atoms with van der Waals surface area (Å²) in [5.41, 5.74) is 0.128. The number of nitrogens with one attached hydrogen (secondary N) is 1. The average Bonchev–Trinajstić information content (AvgIpc) is 2.52. The van der Waals surface area contributed by atoms with Crippen LogP contribution in [0, 0.1) is 0 Å². The van der Waals surface area contributed by atoms with Crippen LogP contribution < -0.4 is 10.1 Å². The van der Waals surface area contributed by atoms with Gasteiger partial charge in [0, 0.05) is 11.8 Å². The molecule has 2 aromatic carbocycles. The van der Waals surface area contributed by atoms with Crippen molar-refractivity contribution in [1.82, 2.24) is 5.32 Å². The van der Waals surface area contributed by atoms with Crippen LogP contribution in [0.2, 0.25) is 0 Å². The Kier molecular flexibility index (Phi) is 5.13. The van der Waals surface area contributed by atoms with Gasteiger partial charge in [-0.3, -0.25) is 9.59 Å². The Balaban J connectivity index is 2.28. The minimum atomic E-state index is -3.78. The smallest absolute Gasteiger partial charge is 0.208 e. The van der Waals surface area contributed by atoms with Crippen molar-refractivity contribution in [3.8, 4) is 11.5 Å². The van der Waals surface area contributed by atoms with Crippen LogP contribution in [0.1, 0.15) is 10.4 Å². The lowest BCUT2D eigenvalue weighted by Crippen LogP contribution is -2.42. The molecule has 1 N–H and O–H groups in total. The van der Waals surface area contributed by atoms with Crippen molar-refractivity contribution in [2.75, 3.05) is 6.26 Å². The first-order valence-electron chi connectivity index (χ1n) is 6.67. The highest BCUT2D eigenvalue weighted by molar-refractivity contribution is 7.92. The van der Waals surface area contributed by atoms with Crippen LogP contribution >= 0.6 is 0 Å². The fraction of sp³-hybridized carbons (Fsp3) is 0.125. The molecule has 0 radical (unpaired) electrons. The van der Waals surface area contributed by atoms with Gasteiger partial charge in [0.15, 0.2) is 15.2 Å². The number of amides is 1. The summed E-state index contributed by atoms with van der Waals surface area (Å²) in [7, 11) is -3.78. The summed E-state index contributed by atoms with van der Waals surface area (Å²) in [5.74, 6) is 0.251. The Morgan fingerprint density at radius 2 is 1.74 bits per heavy atom. The van der Waals surface area contributed by atoms with Crippen molar-refractivity contribution in [3.63, 3.8) is 0 Å². The Labute approximate surface area is 134 Å². The second-order valence-electron chi connectivity index (χ2n) is 4.80. The van der Waals surface area contributed by atoms with Gasteiger partial charge in [-0.05, 0) is 24.3 Å². The fourth-order valence-electron chi connectivity index (χ4n) is 1.94. The largest absolute Gasteiger partial charge is 0.457 e. The Morgan fingerprint density at radius 1 is 1.09 bits per heavy atom. The van der Waals surface area contributed by atoms with E-state index in [2.05, 4.69) is 0 Å². The second kappa shape index (κ2) is 7.06. The number of Topliss-reactive ketones (excluding diaryl/α,β-unsaturated/α-hetero) is 1. The van der Waals surface area contributed by atoms with Crippen molar-refractivity contribution in [2.24, 2.45) is 0 Å². The van der Waals surface area contributed by atoms with Gasteiger partial charge >= 0.3 is 0 Å². The van der Waals surface area contributed by atoms with Gasteiger partial charge in [0.2, 0.25) is 12.2 Å². The van der Waals surface area contributed by atoms with Gasteiger partial charge in [0.05, 0.1) is 0 Å². The number of para-hydroxylation sites is 1. The molecule has 7 heteroatoms. The Morgan fingerprint density at radius 3 is 2.35 bits per heavy atom. The van der Waals surface area contributed by atoms with Crippen LogP contribution in [0.25, 0.3) is 0 Å². The number of ether oxygens (including phenoxy) is 1. The summed E-state index contributed by atoms with van der Waals surface area (Å²) < 4.78 is 28.9. The molecule has 0 saturated carbocycles. The molecule has 0 aromatic heterocycles. The molecule has 2 aromatic rings. The first-order chi connectivity index (χ1) is 10.9. The molecule has 1 atom stereocenters. The zero-order chi connectivity index (χ0) is 16.9. The maximum Gasteiger partial charge on any atom is 0.208 e. The standard InChI is InChI=1S/C16H15NO5S/c1-23(20,21)16(17-11-18)15(19)12-6-5-9-14(10-12)22-13-7-3-2-4-8-13/h2-11,16H,1H3,(H,17,18). The van der Waals surface area contributed by atoms with Crippen LogP contribution in [0.3, 0.4) is 0 Å². The van der Waals surface area contributed by atoms with E-state index in [1.165, 1.54) is 12.1 Å². The number of carbonyl (C=O) groups excluding carboxylic acids is 2. The lowest BCUT2D eigenvalue weighted by atomic mass is 10.1. The Bertz CT molecular complexity index is 802. The van der Waals surface area contributed by atoms with E-state index in [9.17, 15) is 18.0 Å². The Hall–Kier alpha value is -2.67. The quantitative estimate of drug-likeness (QED) is 0.616. The molecule has 0 fully saturated rings. The zero-order valence-corrected chi connectivity index (χ0v) is 13.1. The number of benzene rings is 2. The van der Waals surface area contributed by atoms with Gasteiger partial charge in [-0.25, -0.2) is 8.42 Å². The number of hydrogen-bond acceptors (Lipinski definition) is 5. The number of rotatable bonds is 7. The predicted molar refractivity (Wildman–Crippen MR) is 85.1 cm³/mol. The van der Waals surface area contributed by atoms with Crippen molar-refractivity contribution >= 4 is 22.0 Å². The first kappa shape index (κ1) is 16.7. The highest BCUT2D eigenvalue weighted by atomic mass is 32.2. The molecule has 0 aliphatic heterocycles. The molecule has 6 nitrogen and oxygen atoms in total. The van der Waals surface area contributed by atoms with E-state index in [0.29, 0.717) is 11.5 Å². The van der Waals surface area contributed by atoms with E-state index >= 15 is 0 Å². The number of sulfone groups is 1. The third kappa shape index (κ3) is 4.40. The predicted octanol–water partition coefficient (Wildman–Crippen LogP) is 1.78. The average molecular weight is 333 g/mol. The van der Waals surface area contributed by atoms with Gasteiger partial charge in [0.1, 0.15) is 11.5 Å². The number of carbonyl (C=O) groups is 2. The topological polar surface area (TPSA) is 89.5 Å². The van der Waals surface area contributed by atoms with Crippen LogP contribution in [-0.2, 0) is 14.6 Å². The lowest BCUT2D eigenvalue weighted by molar-refractivity contribution is -0.109. The van der Waals surface area contributed by atoms with E-state index in [4.69, 9.17) is 4.74 Å². The number of ketones is 1. The molecule has 120 valence electrons. The van der Waals surface area contributed by atoms with Gasteiger partial charge in [-0.1, -0.05) is 30.3 Å². The van der Waals surface area contributed by atoms with Crippen molar-refractivity contribution in [2.45, 2.75) is 5.37 Å². The monoisotopic (exact) mass is 333 g/mol. The van der Waals surface area contributed by atoms with Crippen molar-refractivity contribution in [3.05, 3.63) is 60.2 Å². The molecular formula is C16H15NO5S. The molecule has 0 aliphatic rings. The SMILES string of the molecule is CS(=O)(=O)C(NC=O)C(=O)c1cccc(Oc2ccccc2)c1. The first-order valence-corrected chi connectivity index (χ1v) is 8.63. The molecule has 23 heavy (non-hydrogen) atoms. The van der Waals surface area contributed by atoms with Gasteiger partial charge in [-0.15, -0.1) is 0 Å². The van der Waals surface area contributed by atoms with Crippen LogP contribution in [0.4, 0.5) is 0 Å². The summed E-state index contributed by atoms with van der Waals surface area (Å²) in [6, 6.07) is 15.1. The maximum absolute atomic E-state index is 12.3. The molecule has 0 spiro atoms. The second-order valence-corrected chi connectivity index (χ2v) is 6.93. The lowest BCUT2D eigenvalue weighted by Gasteiger charge is -2.13. The van der Waals surface area contributed by atoms with E-state index in [1.54, 1.807) is 36.4 Å². The molecule has 1 amide bonds. The third-order valence-corrected chi connectivity index (χ3v) is 4.19. The molecule has 0 aliphatic carbocycles. The van der Waals surface area contributed by atoms with Crippen molar-refractivity contribution < 1.29 is 22.7 Å². The summed E-state index contributed by atoms with van der Waals surface area (Å²) in [5, 5.41) is 0.413. The highest BCUT2D eigenvalue weighted by Crippen LogP contribution is 2.22. The molecule has 0 bridgehead atoms. The van der Waals surface area contributed by atoms with Crippen molar-refractivity contribution in [1.29, 1.82) is 0 Å². The minimum Gasteiger partial charge on any atom is -0.457 e. The van der Waals surface area contributed by atoms with E-state index in [1.807, 2.05) is 11.4 Å². The van der Waals surface area contributed by atoms with Crippen LogP contribution in [0.5, 0.6) is 11.5 Å². The molecule has 0 saturated heterocycles. The summed E-state index contributed by atoms with van der Waals surface area (Å²) in [4.78, 5) is 22.9. The summed E-state index contributed by atoms with van der Waals surface area (Å²) in [6.07, 6.45) is 1.07. The van der Waals surface area contributed by atoms with E-state index in [0.717, 1.165) is 6.26 Å². The number of hydrogen-bond donors (Lipinski definition) is 1. The van der Waals surface area contributed by atoms with E-state index < -0.39 is 21.0 Å². The summed E-state index contributed by atoms with van der Waals surface area (Å²) in [6.45, 7) is 0. The molecule has 2 rings (SSSR count). The van der Waals surface area contributed by atoms with Crippen LogP contribution in [-0.4, -0.2) is 32.2 Å². The van der Waals surface area contributed by atoms with Gasteiger partial charge < -0.3 is 10.1 Å².